The number of nitrogens with zero attached hydrogens (tertiary/aromatic N) is 4. The summed E-state index contributed by atoms with van der Waals surface area (Å²) in [4.78, 5) is 31.8. The number of fused-ring (bicyclic) bond motifs is 3. The summed E-state index contributed by atoms with van der Waals surface area (Å²) in [6, 6.07) is 5.58. The van der Waals surface area contributed by atoms with Gasteiger partial charge in [0.1, 0.15) is 22.6 Å². The molecule has 0 unspecified atom stereocenters. The lowest BCUT2D eigenvalue weighted by atomic mass is 10.1. The lowest BCUT2D eigenvalue weighted by molar-refractivity contribution is 0.392. The summed E-state index contributed by atoms with van der Waals surface area (Å²) in [5.74, 6) is 1.04. The molecule has 0 amide bonds. The van der Waals surface area contributed by atoms with Gasteiger partial charge < -0.3 is 9.26 Å². The number of methoxy groups -OCH3 is 1. The van der Waals surface area contributed by atoms with Crippen LogP contribution >= 0.6 is 0 Å². The van der Waals surface area contributed by atoms with Gasteiger partial charge in [0.25, 0.3) is 5.56 Å². The van der Waals surface area contributed by atoms with E-state index < -0.39 is 5.56 Å². The number of hydrogen-bond acceptors (Lipinski definition) is 6. The van der Waals surface area contributed by atoms with E-state index in [9.17, 15) is 9.59 Å². The van der Waals surface area contributed by atoms with Crippen LogP contribution in [-0.4, -0.2) is 26.4 Å². The lowest BCUT2D eigenvalue weighted by Gasteiger charge is -2.20. The van der Waals surface area contributed by atoms with Crippen molar-refractivity contribution in [1.29, 1.82) is 0 Å². The quantitative estimate of drug-likeness (QED) is 0.484. The molecule has 154 valence electrons. The maximum Gasteiger partial charge on any atom is 0.336 e. The first-order valence-electron chi connectivity index (χ1n) is 10.1. The minimum absolute atomic E-state index is 0.0177. The summed E-state index contributed by atoms with van der Waals surface area (Å²) in [6.45, 7) is 3.43. The SMILES string of the molecule is COc1cccc2c1ncc1c(=O)n(-c3c(C)noc3C)c(=O)n(C3CCCC3)c12. The van der Waals surface area contributed by atoms with Crippen molar-refractivity contribution in [3.63, 3.8) is 0 Å². The van der Waals surface area contributed by atoms with E-state index in [0.717, 1.165) is 31.1 Å². The van der Waals surface area contributed by atoms with Gasteiger partial charge in [0.05, 0.1) is 18.0 Å². The Morgan fingerprint density at radius 2 is 1.90 bits per heavy atom. The molecular formula is C22H22N4O4. The number of ether oxygens (including phenoxy) is 1. The van der Waals surface area contributed by atoms with E-state index in [4.69, 9.17) is 9.26 Å². The predicted octanol–water partition coefficient (Wildman–Crippen LogP) is 3.43. The minimum Gasteiger partial charge on any atom is -0.494 e. The molecule has 0 aliphatic heterocycles. The molecular weight excluding hydrogens is 384 g/mol. The van der Waals surface area contributed by atoms with E-state index in [1.54, 1.807) is 31.7 Å². The first kappa shape index (κ1) is 18.6. The Kier molecular flexibility index (Phi) is 4.23. The molecule has 3 heterocycles. The summed E-state index contributed by atoms with van der Waals surface area (Å²) >= 11 is 0. The largest absolute Gasteiger partial charge is 0.494 e. The summed E-state index contributed by atoms with van der Waals surface area (Å²) in [5.41, 5.74) is 1.36. The average molecular weight is 406 g/mol. The van der Waals surface area contributed by atoms with Crippen LogP contribution < -0.4 is 16.0 Å². The van der Waals surface area contributed by atoms with Gasteiger partial charge in [-0.2, -0.15) is 0 Å². The number of pyridine rings is 1. The second-order valence-corrected chi connectivity index (χ2v) is 7.78. The maximum absolute atomic E-state index is 13.8. The number of aromatic nitrogens is 4. The molecule has 1 aliphatic rings. The highest BCUT2D eigenvalue weighted by Gasteiger charge is 2.27. The molecule has 0 radical (unpaired) electrons. The molecule has 0 bridgehead atoms. The second-order valence-electron chi connectivity index (χ2n) is 7.78. The molecule has 8 nitrogen and oxygen atoms in total. The summed E-state index contributed by atoms with van der Waals surface area (Å²) in [5, 5.41) is 5.07. The molecule has 3 aromatic heterocycles. The number of benzene rings is 1. The number of aryl methyl sites for hydroxylation is 2. The fourth-order valence-corrected chi connectivity index (χ4v) is 4.67. The molecule has 0 saturated heterocycles. The van der Waals surface area contributed by atoms with Crippen molar-refractivity contribution in [2.24, 2.45) is 0 Å². The molecule has 1 saturated carbocycles. The topological polar surface area (TPSA) is 92.2 Å². The second kappa shape index (κ2) is 6.83. The molecule has 0 atom stereocenters. The Bertz CT molecular complexity index is 1390. The molecule has 0 N–H and O–H groups in total. The van der Waals surface area contributed by atoms with E-state index in [1.165, 1.54) is 4.57 Å². The van der Waals surface area contributed by atoms with Crippen LogP contribution in [0.5, 0.6) is 5.75 Å². The third-order valence-corrected chi connectivity index (χ3v) is 6.03. The fraction of sp³-hybridized carbons (Fsp3) is 0.364. The normalized spacial score (nSPS) is 14.8. The van der Waals surface area contributed by atoms with Crippen LogP contribution in [0.3, 0.4) is 0 Å². The van der Waals surface area contributed by atoms with E-state index in [0.29, 0.717) is 39.3 Å². The first-order valence-corrected chi connectivity index (χ1v) is 10.1. The number of hydrogen-bond donors (Lipinski definition) is 0. The molecule has 1 aromatic carbocycles. The Labute approximate surface area is 171 Å². The average Bonchev–Trinajstić information content (AvgIpc) is 3.39. The Balaban J connectivity index is 2.01. The van der Waals surface area contributed by atoms with Gasteiger partial charge in [0.2, 0.25) is 0 Å². The molecule has 8 heteroatoms. The smallest absolute Gasteiger partial charge is 0.336 e. The van der Waals surface area contributed by atoms with Crippen LogP contribution in [-0.2, 0) is 0 Å². The molecule has 0 spiro atoms. The highest BCUT2D eigenvalue weighted by atomic mass is 16.5. The van der Waals surface area contributed by atoms with Crippen molar-refractivity contribution in [2.75, 3.05) is 7.11 Å². The van der Waals surface area contributed by atoms with Crippen LogP contribution in [0.2, 0.25) is 0 Å². The van der Waals surface area contributed by atoms with Gasteiger partial charge in [-0.05, 0) is 32.8 Å². The highest BCUT2D eigenvalue weighted by Crippen LogP contribution is 2.34. The number of para-hydroxylation sites is 1. The van der Waals surface area contributed by atoms with Crippen LogP contribution in [0.15, 0.2) is 38.5 Å². The van der Waals surface area contributed by atoms with Crippen molar-refractivity contribution in [3.8, 4) is 11.4 Å². The van der Waals surface area contributed by atoms with Crippen LogP contribution in [0.1, 0.15) is 43.2 Å². The van der Waals surface area contributed by atoms with Gasteiger partial charge in [-0.1, -0.05) is 30.1 Å². The van der Waals surface area contributed by atoms with E-state index >= 15 is 0 Å². The van der Waals surface area contributed by atoms with Crippen molar-refractivity contribution in [1.82, 2.24) is 19.3 Å². The van der Waals surface area contributed by atoms with Gasteiger partial charge in [0.15, 0.2) is 5.76 Å². The molecule has 4 aromatic rings. The summed E-state index contributed by atoms with van der Waals surface area (Å²) in [7, 11) is 1.58. The van der Waals surface area contributed by atoms with Gasteiger partial charge >= 0.3 is 5.69 Å². The lowest BCUT2D eigenvalue weighted by Crippen LogP contribution is -2.40. The van der Waals surface area contributed by atoms with Gasteiger partial charge in [0, 0.05) is 17.6 Å². The standard InChI is InChI=1S/C22H22N4O4/c1-12-19(13(2)30-24-12)26-21(27)16-11-23-18-15(9-6-10-17(18)29-3)20(16)25(22(26)28)14-7-4-5-8-14/h6,9-11,14H,4-5,7-8H2,1-3H3. The summed E-state index contributed by atoms with van der Waals surface area (Å²) in [6.07, 6.45) is 5.43. The number of rotatable bonds is 3. The molecule has 1 fully saturated rings. The van der Waals surface area contributed by atoms with Gasteiger partial charge in [-0.25, -0.2) is 9.36 Å². The van der Waals surface area contributed by atoms with Crippen LogP contribution in [0, 0.1) is 13.8 Å². The van der Waals surface area contributed by atoms with Crippen LogP contribution in [0.4, 0.5) is 0 Å². The Hall–Kier alpha value is -3.42. The Morgan fingerprint density at radius 1 is 1.13 bits per heavy atom. The van der Waals surface area contributed by atoms with Gasteiger partial charge in [-0.15, -0.1) is 0 Å². The Morgan fingerprint density at radius 3 is 2.57 bits per heavy atom. The highest BCUT2D eigenvalue weighted by molar-refractivity contribution is 6.05. The van der Waals surface area contributed by atoms with Crippen LogP contribution in [0.25, 0.3) is 27.5 Å². The van der Waals surface area contributed by atoms with E-state index in [2.05, 4.69) is 10.1 Å². The first-order chi connectivity index (χ1) is 14.5. The third kappa shape index (κ3) is 2.52. The third-order valence-electron chi connectivity index (χ3n) is 6.03. The van der Waals surface area contributed by atoms with Crippen molar-refractivity contribution in [2.45, 2.75) is 45.6 Å². The van der Waals surface area contributed by atoms with Gasteiger partial charge in [-0.3, -0.25) is 14.3 Å². The van der Waals surface area contributed by atoms with E-state index in [1.807, 2.05) is 18.2 Å². The zero-order chi connectivity index (χ0) is 21.0. The maximum atomic E-state index is 13.8. The molecule has 1 aliphatic carbocycles. The van der Waals surface area contributed by atoms with Crippen molar-refractivity contribution < 1.29 is 9.26 Å². The van der Waals surface area contributed by atoms with E-state index in [-0.39, 0.29) is 11.7 Å². The molecule has 30 heavy (non-hydrogen) atoms. The monoisotopic (exact) mass is 406 g/mol. The molecule has 5 rings (SSSR count). The predicted molar refractivity (Wildman–Crippen MR) is 113 cm³/mol. The zero-order valence-electron chi connectivity index (χ0n) is 17.1. The fourth-order valence-electron chi connectivity index (χ4n) is 4.67. The van der Waals surface area contributed by atoms with Crippen molar-refractivity contribution in [3.05, 3.63) is 56.7 Å². The summed E-state index contributed by atoms with van der Waals surface area (Å²) < 4.78 is 13.7. The zero-order valence-corrected chi connectivity index (χ0v) is 17.1. The van der Waals surface area contributed by atoms with Crippen molar-refractivity contribution >= 4 is 21.8 Å². The minimum atomic E-state index is -0.420.